The van der Waals surface area contributed by atoms with Gasteiger partial charge in [-0.05, 0) is 30.2 Å². The van der Waals surface area contributed by atoms with E-state index in [1.165, 1.54) is 11.6 Å². The molecule has 0 saturated heterocycles. The van der Waals surface area contributed by atoms with Crippen molar-refractivity contribution < 1.29 is 9.53 Å². The predicted octanol–water partition coefficient (Wildman–Crippen LogP) is 5.28. The van der Waals surface area contributed by atoms with Crippen LogP contribution in [-0.4, -0.2) is 5.97 Å². The summed E-state index contributed by atoms with van der Waals surface area (Å²) in [7, 11) is 0. The van der Waals surface area contributed by atoms with Gasteiger partial charge in [0, 0.05) is 11.6 Å². The molecule has 0 unspecified atom stereocenters. The molecule has 0 spiro atoms. The van der Waals surface area contributed by atoms with E-state index in [4.69, 9.17) is 4.74 Å². The van der Waals surface area contributed by atoms with Crippen LogP contribution in [0.2, 0.25) is 0 Å². The first kappa shape index (κ1) is 15.8. The van der Waals surface area contributed by atoms with Crippen molar-refractivity contribution in [1.29, 1.82) is 0 Å². The Morgan fingerprint density at radius 3 is 2.25 bits per heavy atom. The summed E-state index contributed by atoms with van der Waals surface area (Å²) in [5.74, 6) is 0.168. The molecule has 0 aliphatic rings. The Labute approximate surface area is 142 Å². The highest BCUT2D eigenvalue weighted by molar-refractivity contribution is 5.90. The largest absolute Gasteiger partial charge is 0.423 e. The average molecular weight is 314 g/mol. The molecule has 0 heterocycles. The zero-order valence-electron chi connectivity index (χ0n) is 13.5. The SMILES string of the molecule is Cc1ccc(C=CC(=O)Oc2ccccc2-c2ccccc2)cc1. The summed E-state index contributed by atoms with van der Waals surface area (Å²) in [6, 6.07) is 25.4. The Morgan fingerprint density at radius 2 is 1.50 bits per heavy atom. The summed E-state index contributed by atoms with van der Waals surface area (Å²) >= 11 is 0. The highest BCUT2D eigenvalue weighted by Crippen LogP contribution is 2.29. The number of carbonyl (C=O) groups excluding carboxylic acids is 1. The van der Waals surface area contributed by atoms with Crippen LogP contribution in [0.25, 0.3) is 17.2 Å². The zero-order valence-corrected chi connectivity index (χ0v) is 13.5. The molecule has 118 valence electrons. The van der Waals surface area contributed by atoms with E-state index in [9.17, 15) is 4.79 Å². The minimum atomic E-state index is -0.390. The van der Waals surface area contributed by atoms with Gasteiger partial charge >= 0.3 is 5.97 Å². The van der Waals surface area contributed by atoms with E-state index in [1.807, 2.05) is 79.7 Å². The molecule has 3 aromatic carbocycles. The van der Waals surface area contributed by atoms with Gasteiger partial charge < -0.3 is 4.74 Å². The summed E-state index contributed by atoms with van der Waals surface area (Å²) in [5, 5.41) is 0. The van der Waals surface area contributed by atoms with E-state index < -0.39 is 0 Å². The number of benzene rings is 3. The lowest BCUT2D eigenvalue weighted by atomic mass is 10.1. The van der Waals surface area contributed by atoms with Gasteiger partial charge in [0.25, 0.3) is 0 Å². The highest BCUT2D eigenvalue weighted by atomic mass is 16.5. The van der Waals surface area contributed by atoms with Crippen molar-refractivity contribution in [3.05, 3.63) is 96.1 Å². The summed E-state index contributed by atoms with van der Waals surface area (Å²) in [4.78, 5) is 12.1. The van der Waals surface area contributed by atoms with Crippen LogP contribution in [0, 0.1) is 6.92 Å². The minimum absolute atomic E-state index is 0.390. The first-order valence-corrected chi connectivity index (χ1v) is 7.83. The first-order valence-electron chi connectivity index (χ1n) is 7.83. The Kier molecular flexibility index (Phi) is 4.87. The monoisotopic (exact) mass is 314 g/mol. The van der Waals surface area contributed by atoms with E-state index in [2.05, 4.69) is 0 Å². The van der Waals surface area contributed by atoms with Gasteiger partial charge in [0.05, 0.1) is 0 Å². The fourth-order valence-electron chi connectivity index (χ4n) is 2.40. The van der Waals surface area contributed by atoms with Gasteiger partial charge in [-0.2, -0.15) is 0 Å². The van der Waals surface area contributed by atoms with Crippen molar-refractivity contribution in [2.75, 3.05) is 0 Å². The summed E-state index contributed by atoms with van der Waals surface area (Å²) in [6.07, 6.45) is 3.21. The van der Waals surface area contributed by atoms with E-state index in [0.29, 0.717) is 5.75 Å². The van der Waals surface area contributed by atoms with Crippen LogP contribution in [0.4, 0.5) is 0 Å². The number of hydrogen-bond donors (Lipinski definition) is 0. The van der Waals surface area contributed by atoms with Gasteiger partial charge in [-0.1, -0.05) is 78.4 Å². The van der Waals surface area contributed by atoms with Crippen molar-refractivity contribution in [2.24, 2.45) is 0 Å². The molecular formula is C22H18O2. The number of para-hydroxylation sites is 1. The number of esters is 1. The molecule has 0 amide bonds. The van der Waals surface area contributed by atoms with Gasteiger partial charge in [0.15, 0.2) is 0 Å². The first-order chi connectivity index (χ1) is 11.7. The molecule has 3 rings (SSSR count). The number of aryl methyl sites for hydroxylation is 1. The third kappa shape index (κ3) is 3.99. The highest BCUT2D eigenvalue weighted by Gasteiger charge is 2.08. The van der Waals surface area contributed by atoms with Gasteiger partial charge in [-0.25, -0.2) is 4.79 Å². The van der Waals surface area contributed by atoms with Crippen molar-refractivity contribution in [2.45, 2.75) is 6.92 Å². The smallest absolute Gasteiger partial charge is 0.336 e. The quantitative estimate of drug-likeness (QED) is 0.372. The fourth-order valence-corrected chi connectivity index (χ4v) is 2.40. The van der Waals surface area contributed by atoms with E-state index in [0.717, 1.165) is 16.7 Å². The molecule has 0 aliphatic carbocycles. The van der Waals surface area contributed by atoms with Crippen LogP contribution in [0.5, 0.6) is 5.75 Å². The van der Waals surface area contributed by atoms with Crippen LogP contribution >= 0.6 is 0 Å². The lowest BCUT2D eigenvalue weighted by Crippen LogP contribution is -2.04. The maximum absolute atomic E-state index is 12.1. The third-order valence-electron chi connectivity index (χ3n) is 3.67. The Hall–Kier alpha value is -3.13. The molecule has 0 radical (unpaired) electrons. The van der Waals surface area contributed by atoms with Crippen molar-refractivity contribution in [3.8, 4) is 16.9 Å². The standard InChI is InChI=1S/C22H18O2/c1-17-11-13-18(14-12-17)15-16-22(23)24-21-10-6-5-9-20(21)19-7-3-2-4-8-19/h2-16H,1H3. The maximum Gasteiger partial charge on any atom is 0.336 e. The van der Waals surface area contributed by atoms with Gasteiger partial charge in [0.1, 0.15) is 5.75 Å². The van der Waals surface area contributed by atoms with Crippen molar-refractivity contribution in [3.63, 3.8) is 0 Å². The van der Waals surface area contributed by atoms with E-state index >= 15 is 0 Å². The van der Waals surface area contributed by atoms with Gasteiger partial charge in [-0.15, -0.1) is 0 Å². The summed E-state index contributed by atoms with van der Waals surface area (Å²) in [5.41, 5.74) is 4.07. The molecule has 0 N–H and O–H groups in total. The Balaban J connectivity index is 1.76. The van der Waals surface area contributed by atoms with E-state index in [1.54, 1.807) is 12.1 Å². The van der Waals surface area contributed by atoms with Crippen molar-refractivity contribution in [1.82, 2.24) is 0 Å². The molecule has 0 bridgehead atoms. The minimum Gasteiger partial charge on any atom is -0.423 e. The molecule has 2 heteroatoms. The van der Waals surface area contributed by atoms with Crippen LogP contribution in [0.1, 0.15) is 11.1 Å². The predicted molar refractivity (Wildman–Crippen MR) is 97.7 cm³/mol. The van der Waals surface area contributed by atoms with Gasteiger partial charge in [0.2, 0.25) is 0 Å². The van der Waals surface area contributed by atoms with Crippen LogP contribution in [0.15, 0.2) is 84.9 Å². The number of ether oxygens (including phenoxy) is 1. The van der Waals surface area contributed by atoms with Crippen LogP contribution in [0.3, 0.4) is 0 Å². The van der Waals surface area contributed by atoms with Crippen molar-refractivity contribution >= 4 is 12.0 Å². The molecule has 0 fully saturated rings. The second-order valence-electron chi connectivity index (χ2n) is 5.53. The molecule has 0 atom stereocenters. The van der Waals surface area contributed by atoms with Crippen LogP contribution < -0.4 is 4.74 Å². The Bertz CT molecular complexity index is 847. The maximum atomic E-state index is 12.1. The van der Waals surface area contributed by atoms with E-state index in [-0.39, 0.29) is 5.97 Å². The second-order valence-corrected chi connectivity index (χ2v) is 5.53. The van der Waals surface area contributed by atoms with Crippen LogP contribution in [-0.2, 0) is 4.79 Å². The summed E-state index contributed by atoms with van der Waals surface area (Å²) in [6.45, 7) is 2.03. The number of carbonyl (C=O) groups is 1. The average Bonchev–Trinajstić information content (AvgIpc) is 2.62. The normalized spacial score (nSPS) is 10.7. The molecular weight excluding hydrogens is 296 g/mol. The fraction of sp³-hybridized carbons (Fsp3) is 0.0455. The molecule has 0 aromatic heterocycles. The lowest BCUT2D eigenvalue weighted by Gasteiger charge is -2.08. The molecule has 0 aliphatic heterocycles. The van der Waals surface area contributed by atoms with Gasteiger partial charge in [-0.3, -0.25) is 0 Å². The number of rotatable bonds is 4. The Morgan fingerprint density at radius 1 is 0.833 bits per heavy atom. The summed E-state index contributed by atoms with van der Waals surface area (Å²) < 4.78 is 5.52. The topological polar surface area (TPSA) is 26.3 Å². The number of hydrogen-bond acceptors (Lipinski definition) is 2. The molecule has 3 aromatic rings. The molecule has 2 nitrogen and oxygen atoms in total. The lowest BCUT2D eigenvalue weighted by molar-refractivity contribution is -0.128. The molecule has 24 heavy (non-hydrogen) atoms. The molecule has 0 saturated carbocycles. The third-order valence-corrected chi connectivity index (χ3v) is 3.67. The zero-order chi connectivity index (χ0) is 16.8. The second kappa shape index (κ2) is 7.42.